The zero-order chi connectivity index (χ0) is 20.8. The lowest BCUT2D eigenvalue weighted by atomic mass is 10.0. The lowest BCUT2D eigenvalue weighted by Gasteiger charge is -2.22. The molecule has 9 nitrogen and oxygen atoms in total. The third kappa shape index (κ3) is 5.27. The number of halogens is 1. The zero-order valence-corrected chi connectivity index (χ0v) is 16.2. The number of carbonyl (C=O) groups excluding carboxylic acids is 2. The van der Waals surface area contributed by atoms with E-state index in [-0.39, 0.29) is 47.9 Å². The van der Waals surface area contributed by atoms with Crippen molar-refractivity contribution in [3.8, 4) is 5.75 Å². The number of hydrogen-bond donors (Lipinski definition) is 3. The van der Waals surface area contributed by atoms with E-state index >= 15 is 0 Å². The summed E-state index contributed by atoms with van der Waals surface area (Å²) in [6, 6.07) is 1.45. The van der Waals surface area contributed by atoms with Crippen molar-refractivity contribution in [2.75, 3.05) is 13.3 Å². The number of hydrogen-bond acceptors (Lipinski definition) is 7. The number of benzene rings is 1. The highest BCUT2D eigenvalue weighted by molar-refractivity contribution is 7.11. The normalized spacial score (nSPS) is 13.7. The molecule has 2 aromatic rings. The summed E-state index contributed by atoms with van der Waals surface area (Å²) in [4.78, 5) is 33.5. The average molecular weight is 421 g/mol. The Balaban J connectivity index is 1.79. The number of ether oxygens (including phenoxy) is 2. The fourth-order valence-electron chi connectivity index (χ4n) is 2.85. The molecular weight excluding hydrogens is 401 g/mol. The standard InChI is InChI=1S/C18H20FN5O4S/c19-11-6-10-8-27-9-28-15(10)12(7-11)16(26)24-13(2-1-3-23-18(20)21)14(25)17-22-4-5-29-17/h4-7,13H,1-3,8-9H2,(H,24,26)(H4,20,21,23)/t13-/m0/s1. The Morgan fingerprint density at radius 1 is 1.38 bits per heavy atom. The highest BCUT2D eigenvalue weighted by atomic mass is 32.1. The van der Waals surface area contributed by atoms with Crippen molar-refractivity contribution >= 4 is 29.0 Å². The molecule has 1 aliphatic rings. The molecule has 1 aliphatic heterocycles. The summed E-state index contributed by atoms with van der Waals surface area (Å²) in [5.74, 6) is -1.37. The number of nitrogens with one attached hydrogen (secondary N) is 1. The van der Waals surface area contributed by atoms with Crippen molar-refractivity contribution in [1.29, 1.82) is 0 Å². The van der Waals surface area contributed by atoms with E-state index in [9.17, 15) is 14.0 Å². The minimum atomic E-state index is -0.874. The Kier molecular flexibility index (Phi) is 6.73. The van der Waals surface area contributed by atoms with Gasteiger partial charge in [0.15, 0.2) is 17.8 Å². The first kappa shape index (κ1) is 20.7. The van der Waals surface area contributed by atoms with Crippen molar-refractivity contribution in [2.24, 2.45) is 16.5 Å². The topological polar surface area (TPSA) is 142 Å². The lowest BCUT2D eigenvalue weighted by Crippen LogP contribution is -2.41. The Bertz CT molecular complexity index is 915. The molecule has 0 bridgehead atoms. The lowest BCUT2D eigenvalue weighted by molar-refractivity contribution is -0.0170. The maximum Gasteiger partial charge on any atom is 0.255 e. The molecule has 0 aliphatic carbocycles. The highest BCUT2D eigenvalue weighted by Crippen LogP contribution is 2.29. The summed E-state index contributed by atoms with van der Waals surface area (Å²) >= 11 is 1.17. The summed E-state index contributed by atoms with van der Waals surface area (Å²) in [6.07, 6.45) is 2.24. The Hall–Kier alpha value is -3.05. The van der Waals surface area contributed by atoms with Crippen LogP contribution < -0.4 is 21.5 Å². The van der Waals surface area contributed by atoms with Gasteiger partial charge in [-0.3, -0.25) is 14.6 Å². The molecule has 0 spiro atoms. The number of rotatable bonds is 8. The molecule has 1 atom stereocenters. The third-order valence-corrected chi connectivity index (χ3v) is 4.92. The summed E-state index contributed by atoms with van der Waals surface area (Å²) in [6.45, 7) is 0.391. The minimum Gasteiger partial charge on any atom is -0.466 e. The first-order chi connectivity index (χ1) is 14.0. The third-order valence-electron chi connectivity index (χ3n) is 4.13. The quantitative estimate of drug-likeness (QED) is 0.251. The van der Waals surface area contributed by atoms with Gasteiger partial charge in [0.25, 0.3) is 5.91 Å². The van der Waals surface area contributed by atoms with Crippen LogP contribution in [0.4, 0.5) is 4.39 Å². The fraction of sp³-hybridized carbons (Fsp3) is 0.333. The van der Waals surface area contributed by atoms with E-state index in [1.807, 2.05) is 0 Å². The summed E-state index contributed by atoms with van der Waals surface area (Å²) in [5, 5.41) is 4.60. The predicted molar refractivity (Wildman–Crippen MR) is 104 cm³/mol. The number of nitrogens with zero attached hydrogens (tertiary/aromatic N) is 2. The van der Waals surface area contributed by atoms with E-state index in [2.05, 4.69) is 15.3 Å². The second kappa shape index (κ2) is 9.43. The van der Waals surface area contributed by atoms with Gasteiger partial charge in [-0.15, -0.1) is 11.3 Å². The number of aromatic nitrogens is 1. The van der Waals surface area contributed by atoms with E-state index < -0.39 is 17.8 Å². The van der Waals surface area contributed by atoms with Gasteiger partial charge in [0.05, 0.1) is 18.2 Å². The van der Waals surface area contributed by atoms with Gasteiger partial charge in [0.2, 0.25) is 5.78 Å². The molecule has 2 heterocycles. The SMILES string of the molecule is NC(N)=NCCC[C@H](NC(=O)c1cc(F)cc2c1OCOC2)C(=O)c1nccs1. The molecule has 0 saturated heterocycles. The Labute approximate surface area is 169 Å². The Morgan fingerprint density at radius 2 is 2.21 bits per heavy atom. The molecular formula is C18H20FN5O4S. The van der Waals surface area contributed by atoms with Crippen molar-refractivity contribution in [3.63, 3.8) is 0 Å². The average Bonchev–Trinajstić information content (AvgIpc) is 3.23. The predicted octanol–water partition coefficient (Wildman–Crippen LogP) is 1.18. The van der Waals surface area contributed by atoms with Gasteiger partial charge >= 0.3 is 0 Å². The number of carbonyl (C=O) groups is 2. The van der Waals surface area contributed by atoms with Crippen LogP contribution in [-0.2, 0) is 11.3 Å². The highest BCUT2D eigenvalue weighted by Gasteiger charge is 2.27. The molecule has 0 fully saturated rings. The van der Waals surface area contributed by atoms with Crippen molar-refractivity contribution in [2.45, 2.75) is 25.5 Å². The van der Waals surface area contributed by atoms with Crippen LogP contribution in [0.2, 0.25) is 0 Å². The van der Waals surface area contributed by atoms with E-state index in [1.54, 1.807) is 5.38 Å². The van der Waals surface area contributed by atoms with Gasteiger partial charge in [-0.2, -0.15) is 0 Å². The number of amides is 1. The Morgan fingerprint density at radius 3 is 2.93 bits per heavy atom. The van der Waals surface area contributed by atoms with Crippen molar-refractivity contribution < 1.29 is 23.5 Å². The largest absolute Gasteiger partial charge is 0.466 e. The molecule has 0 radical (unpaired) electrons. The maximum atomic E-state index is 14.0. The van der Waals surface area contributed by atoms with Crippen LogP contribution in [0.5, 0.6) is 5.75 Å². The molecule has 0 unspecified atom stereocenters. The van der Waals surface area contributed by atoms with Gasteiger partial charge in [-0.25, -0.2) is 9.37 Å². The van der Waals surface area contributed by atoms with Gasteiger partial charge in [0.1, 0.15) is 11.6 Å². The van der Waals surface area contributed by atoms with Crippen LogP contribution >= 0.6 is 11.3 Å². The van der Waals surface area contributed by atoms with Gasteiger partial charge in [-0.05, 0) is 25.0 Å². The minimum absolute atomic E-state index is 0.00413. The van der Waals surface area contributed by atoms with Gasteiger partial charge < -0.3 is 26.3 Å². The number of ketones is 1. The number of thiazole rings is 1. The van der Waals surface area contributed by atoms with Crippen molar-refractivity contribution in [1.82, 2.24) is 10.3 Å². The first-order valence-corrected chi connectivity index (χ1v) is 9.66. The van der Waals surface area contributed by atoms with Crippen molar-refractivity contribution in [3.05, 3.63) is 45.7 Å². The van der Waals surface area contributed by atoms with E-state index in [4.69, 9.17) is 20.9 Å². The second-order valence-corrected chi connectivity index (χ2v) is 7.12. The second-order valence-electron chi connectivity index (χ2n) is 6.23. The van der Waals surface area contributed by atoms with Crippen LogP contribution in [0.1, 0.15) is 38.6 Å². The van der Waals surface area contributed by atoms with E-state index in [0.717, 1.165) is 6.07 Å². The monoisotopic (exact) mass is 421 g/mol. The summed E-state index contributed by atoms with van der Waals surface area (Å²) < 4.78 is 24.5. The number of guanidine groups is 1. The summed E-state index contributed by atoms with van der Waals surface area (Å²) in [5.41, 5.74) is 11.0. The fourth-order valence-corrected chi connectivity index (χ4v) is 3.48. The van der Waals surface area contributed by atoms with E-state index in [1.165, 1.54) is 23.6 Å². The number of nitrogens with two attached hydrogens (primary N) is 2. The van der Waals surface area contributed by atoms with Crippen LogP contribution in [0, 0.1) is 5.82 Å². The van der Waals surface area contributed by atoms with Crippen LogP contribution in [-0.4, -0.2) is 42.0 Å². The molecule has 29 heavy (non-hydrogen) atoms. The van der Waals surface area contributed by atoms with Crippen LogP contribution in [0.15, 0.2) is 28.7 Å². The zero-order valence-electron chi connectivity index (χ0n) is 15.4. The molecule has 1 aromatic carbocycles. The maximum absolute atomic E-state index is 14.0. The smallest absolute Gasteiger partial charge is 0.255 e. The number of Topliss-reactive ketones (excluding diaryl/α,β-unsaturated/α-hetero) is 1. The first-order valence-electron chi connectivity index (χ1n) is 8.78. The molecule has 1 amide bonds. The molecule has 11 heteroatoms. The van der Waals surface area contributed by atoms with Crippen LogP contribution in [0.3, 0.4) is 0 Å². The van der Waals surface area contributed by atoms with E-state index in [0.29, 0.717) is 18.5 Å². The van der Waals surface area contributed by atoms with Gasteiger partial charge in [0, 0.05) is 23.7 Å². The molecule has 5 N–H and O–H groups in total. The molecule has 1 aromatic heterocycles. The molecule has 154 valence electrons. The number of aliphatic imine (C=N–C) groups is 1. The van der Waals surface area contributed by atoms with Crippen LogP contribution in [0.25, 0.3) is 0 Å². The summed E-state index contributed by atoms with van der Waals surface area (Å²) in [7, 11) is 0. The van der Waals surface area contributed by atoms with Gasteiger partial charge in [-0.1, -0.05) is 0 Å². The molecule has 3 rings (SSSR count). The molecule has 0 saturated carbocycles. The number of fused-ring (bicyclic) bond motifs is 1.